The average Bonchev–Trinajstić information content (AvgIpc) is 3.08. The molecular formula is C15H29N3. The number of nitrogens with one attached hydrogen (secondary N) is 1. The Hall–Kier alpha value is -0.120. The van der Waals surface area contributed by atoms with Gasteiger partial charge in [0, 0.05) is 37.8 Å². The third-order valence-corrected chi connectivity index (χ3v) is 4.98. The van der Waals surface area contributed by atoms with Crippen molar-refractivity contribution in [1.82, 2.24) is 15.1 Å². The van der Waals surface area contributed by atoms with E-state index in [9.17, 15) is 0 Å². The quantitative estimate of drug-likeness (QED) is 0.803. The summed E-state index contributed by atoms with van der Waals surface area (Å²) in [7, 11) is 0. The van der Waals surface area contributed by atoms with Crippen molar-refractivity contribution in [3.05, 3.63) is 0 Å². The highest BCUT2D eigenvalue weighted by Gasteiger charge is 2.36. The zero-order valence-corrected chi connectivity index (χ0v) is 12.1. The zero-order valence-electron chi connectivity index (χ0n) is 12.1. The van der Waals surface area contributed by atoms with Gasteiger partial charge in [0.2, 0.25) is 0 Å². The van der Waals surface area contributed by atoms with Crippen LogP contribution in [0.25, 0.3) is 0 Å². The normalized spacial score (nSPS) is 40.7. The van der Waals surface area contributed by atoms with Crippen LogP contribution in [0, 0.1) is 5.92 Å². The van der Waals surface area contributed by atoms with E-state index in [0.29, 0.717) is 6.04 Å². The van der Waals surface area contributed by atoms with Crippen molar-refractivity contribution in [2.75, 3.05) is 32.7 Å². The van der Waals surface area contributed by atoms with Crippen molar-refractivity contribution in [2.24, 2.45) is 5.92 Å². The van der Waals surface area contributed by atoms with Gasteiger partial charge in [0.1, 0.15) is 0 Å². The van der Waals surface area contributed by atoms with Gasteiger partial charge in [-0.2, -0.15) is 0 Å². The highest BCUT2D eigenvalue weighted by Crippen LogP contribution is 2.31. The zero-order chi connectivity index (χ0) is 12.5. The molecule has 1 N–H and O–H groups in total. The third-order valence-electron chi connectivity index (χ3n) is 4.98. The number of rotatable bonds is 2. The fourth-order valence-electron chi connectivity index (χ4n) is 3.59. The number of hydrogen-bond donors (Lipinski definition) is 1. The summed E-state index contributed by atoms with van der Waals surface area (Å²) >= 11 is 0. The summed E-state index contributed by atoms with van der Waals surface area (Å²) in [6.45, 7) is 11.2. The molecule has 2 heterocycles. The topological polar surface area (TPSA) is 18.5 Å². The van der Waals surface area contributed by atoms with Crippen molar-refractivity contribution in [3.8, 4) is 0 Å². The Morgan fingerprint density at radius 2 is 1.56 bits per heavy atom. The second-order valence-electron chi connectivity index (χ2n) is 6.87. The monoisotopic (exact) mass is 251 g/mol. The van der Waals surface area contributed by atoms with Crippen molar-refractivity contribution in [2.45, 2.75) is 57.7 Å². The largest absolute Gasteiger partial charge is 0.314 e. The van der Waals surface area contributed by atoms with Gasteiger partial charge in [0.05, 0.1) is 0 Å². The molecular weight excluding hydrogens is 222 g/mol. The van der Waals surface area contributed by atoms with Crippen LogP contribution in [0.4, 0.5) is 0 Å². The van der Waals surface area contributed by atoms with Gasteiger partial charge in [0.25, 0.3) is 0 Å². The highest BCUT2D eigenvalue weighted by atomic mass is 15.3. The third kappa shape index (κ3) is 3.06. The maximum absolute atomic E-state index is 3.65. The van der Waals surface area contributed by atoms with Crippen molar-refractivity contribution in [1.29, 1.82) is 0 Å². The van der Waals surface area contributed by atoms with Crippen LogP contribution in [0.1, 0.15) is 39.5 Å². The van der Waals surface area contributed by atoms with Crippen LogP contribution in [0.3, 0.4) is 0 Å². The fourth-order valence-corrected chi connectivity index (χ4v) is 3.59. The molecule has 3 aliphatic rings. The standard InChI is InChI=1S/C15H29N3/c1-12-9-16-13(2)5-7-17(10-12)15-6-8-18(11-15)14-3-4-14/h12-16H,3-11H2,1-2H3. The first-order valence-corrected chi connectivity index (χ1v) is 7.94. The first-order chi connectivity index (χ1) is 8.72. The molecule has 2 saturated heterocycles. The molecule has 3 heteroatoms. The maximum atomic E-state index is 3.65. The molecule has 0 aromatic carbocycles. The molecule has 1 saturated carbocycles. The first-order valence-electron chi connectivity index (χ1n) is 7.94. The average molecular weight is 251 g/mol. The molecule has 18 heavy (non-hydrogen) atoms. The van der Waals surface area contributed by atoms with Crippen molar-refractivity contribution >= 4 is 0 Å². The minimum Gasteiger partial charge on any atom is -0.314 e. The molecule has 1 aliphatic carbocycles. The SMILES string of the molecule is CC1CNC(C)CCN(C2CCN(C3CC3)C2)C1. The molecule has 0 amide bonds. The van der Waals surface area contributed by atoms with E-state index >= 15 is 0 Å². The molecule has 3 rings (SSSR count). The molecule has 104 valence electrons. The summed E-state index contributed by atoms with van der Waals surface area (Å²) < 4.78 is 0. The summed E-state index contributed by atoms with van der Waals surface area (Å²) in [5.41, 5.74) is 0. The van der Waals surface area contributed by atoms with Gasteiger partial charge in [-0.15, -0.1) is 0 Å². The maximum Gasteiger partial charge on any atom is 0.0235 e. The van der Waals surface area contributed by atoms with Crippen LogP contribution in [0.5, 0.6) is 0 Å². The van der Waals surface area contributed by atoms with E-state index in [4.69, 9.17) is 0 Å². The number of likely N-dealkylation sites (tertiary alicyclic amines) is 1. The lowest BCUT2D eigenvalue weighted by Crippen LogP contribution is -2.47. The molecule has 2 aliphatic heterocycles. The van der Waals surface area contributed by atoms with E-state index in [1.54, 1.807) is 0 Å². The Morgan fingerprint density at radius 3 is 2.33 bits per heavy atom. The van der Waals surface area contributed by atoms with Gasteiger partial charge in [-0.3, -0.25) is 9.80 Å². The van der Waals surface area contributed by atoms with Crippen LogP contribution in [0.2, 0.25) is 0 Å². The molecule has 3 unspecified atom stereocenters. The predicted octanol–water partition coefficient (Wildman–Crippen LogP) is 1.54. The van der Waals surface area contributed by atoms with E-state index in [0.717, 1.165) is 18.0 Å². The van der Waals surface area contributed by atoms with Crippen LogP contribution in [0.15, 0.2) is 0 Å². The molecule has 0 aromatic heterocycles. The van der Waals surface area contributed by atoms with Crippen LogP contribution >= 0.6 is 0 Å². The van der Waals surface area contributed by atoms with Crippen molar-refractivity contribution < 1.29 is 0 Å². The Kier molecular flexibility index (Phi) is 3.92. The van der Waals surface area contributed by atoms with Gasteiger partial charge >= 0.3 is 0 Å². The molecule has 3 nitrogen and oxygen atoms in total. The molecule has 0 radical (unpaired) electrons. The van der Waals surface area contributed by atoms with E-state index < -0.39 is 0 Å². The summed E-state index contributed by atoms with van der Waals surface area (Å²) in [4.78, 5) is 5.54. The second kappa shape index (κ2) is 5.48. The minimum absolute atomic E-state index is 0.691. The summed E-state index contributed by atoms with van der Waals surface area (Å²) in [6.07, 6.45) is 5.64. The summed E-state index contributed by atoms with van der Waals surface area (Å²) in [5, 5.41) is 3.65. The van der Waals surface area contributed by atoms with E-state index in [1.165, 1.54) is 58.4 Å². The molecule has 0 aromatic rings. The second-order valence-corrected chi connectivity index (χ2v) is 6.87. The fraction of sp³-hybridized carbons (Fsp3) is 1.00. The summed E-state index contributed by atoms with van der Waals surface area (Å²) in [6, 6.07) is 2.50. The van der Waals surface area contributed by atoms with Crippen LogP contribution < -0.4 is 5.32 Å². The molecule has 3 atom stereocenters. The highest BCUT2D eigenvalue weighted by molar-refractivity contribution is 4.93. The van der Waals surface area contributed by atoms with Gasteiger partial charge in [-0.1, -0.05) is 6.92 Å². The van der Waals surface area contributed by atoms with Crippen molar-refractivity contribution in [3.63, 3.8) is 0 Å². The van der Waals surface area contributed by atoms with Crippen LogP contribution in [-0.2, 0) is 0 Å². The predicted molar refractivity (Wildman–Crippen MR) is 75.8 cm³/mol. The van der Waals surface area contributed by atoms with Gasteiger partial charge in [-0.25, -0.2) is 0 Å². The molecule has 0 bridgehead atoms. The minimum atomic E-state index is 0.691. The number of hydrogen-bond acceptors (Lipinski definition) is 3. The Morgan fingerprint density at radius 1 is 0.833 bits per heavy atom. The van der Waals surface area contributed by atoms with E-state index in [2.05, 4.69) is 29.0 Å². The summed E-state index contributed by atoms with van der Waals surface area (Å²) in [5.74, 6) is 0.794. The smallest absolute Gasteiger partial charge is 0.0235 e. The van der Waals surface area contributed by atoms with Gasteiger partial charge < -0.3 is 5.32 Å². The first kappa shape index (κ1) is 12.9. The Balaban J connectivity index is 1.56. The molecule has 3 fully saturated rings. The number of nitrogens with zero attached hydrogens (tertiary/aromatic N) is 2. The lowest BCUT2D eigenvalue weighted by molar-refractivity contribution is 0.146. The van der Waals surface area contributed by atoms with Crippen LogP contribution in [-0.4, -0.2) is 60.6 Å². The van der Waals surface area contributed by atoms with Gasteiger partial charge in [-0.05, 0) is 51.6 Å². The lowest BCUT2D eigenvalue weighted by atomic mass is 10.0. The molecule has 0 spiro atoms. The Labute approximate surface area is 112 Å². The van der Waals surface area contributed by atoms with Gasteiger partial charge in [0.15, 0.2) is 0 Å². The van der Waals surface area contributed by atoms with E-state index in [1.807, 2.05) is 0 Å². The van der Waals surface area contributed by atoms with E-state index in [-0.39, 0.29) is 0 Å². The lowest BCUT2D eigenvalue weighted by Gasteiger charge is -2.35. The Bertz CT molecular complexity index is 277.